The summed E-state index contributed by atoms with van der Waals surface area (Å²) in [5, 5.41) is 7.62. The van der Waals surface area contributed by atoms with Crippen LogP contribution in [0.15, 0.2) is 30.9 Å². The van der Waals surface area contributed by atoms with Crippen LogP contribution < -0.4 is 4.90 Å². The molecule has 0 amide bonds. The van der Waals surface area contributed by atoms with Gasteiger partial charge in [0.15, 0.2) is 0 Å². The highest BCUT2D eigenvalue weighted by Crippen LogP contribution is 2.27. The molecule has 0 unspecified atom stereocenters. The van der Waals surface area contributed by atoms with Crippen LogP contribution in [0.1, 0.15) is 36.5 Å². The zero-order valence-corrected chi connectivity index (χ0v) is 12.7. The number of carbonyl (C=O) groups excluding carboxylic acids is 1. The second kappa shape index (κ2) is 6.60. The van der Waals surface area contributed by atoms with Gasteiger partial charge >= 0.3 is 5.97 Å². The number of carbonyl (C=O) groups is 1. The number of anilines is 1. The second-order valence-corrected chi connectivity index (χ2v) is 5.40. The molecule has 0 bridgehead atoms. The molecule has 0 saturated carbocycles. The lowest BCUT2D eigenvalue weighted by Gasteiger charge is -2.21. The van der Waals surface area contributed by atoms with Crippen molar-refractivity contribution in [3.63, 3.8) is 0 Å². The standard InChI is InChI=1S/C16H20N4O2/c1-2-9-22-16(21)14-10-13(20-11-17-18-12-20)5-6-15(14)19-7-3-4-8-19/h5-6,10-12H,2-4,7-9H2,1H3. The molecule has 1 aliphatic heterocycles. The quantitative estimate of drug-likeness (QED) is 0.794. The normalized spacial score (nSPS) is 14.3. The van der Waals surface area contributed by atoms with Gasteiger partial charge in [0.05, 0.1) is 17.9 Å². The van der Waals surface area contributed by atoms with Crippen LogP contribution in [0.5, 0.6) is 0 Å². The summed E-state index contributed by atoms with van der Waals surface area (Å²) >= 11 is 0. The van der Waals surface area contributed by atoms with E-state index in [9.17, 15) is 4.79 Å². The molecular weight excluding hydrogens is 280 g/mol. The maximum Gasteiger partial charge on any atom is 0.340 e. The average molecular weight is 300 g/mol. The first-order chi connectivity index (χ1) is 10.8. The number of rotatable bonds is 5. The molecule has 0 aliphatic carbocycles. The molecule has 1 saturated heterocycles. The van der Waals surface area contributed by atoms with Gasteiger partial charge in [-0.1, -0.05) is 6.92 Å². The highest BCUT2D eigenvalue weighted by atomic mass is 16.5. The molecule has 1 aromatic carbocycles. The summed E-state index contributed by atoms with van der Waals surface area (Å²) in [5.74, 6) is -0.265. The number of aromatic nitrogens is 3. The van der Waals surface area contributed by atoms with Crippen molar-refractivity contribution in [2.24, 2.45) is 0 Å². The molecule has 1 aromatic heterocycles. The van der Waals surface area contributed by atoms with E-state index < -0.39 is 0 Å². The summed E-state index contributed by atoms with van der Waals surface area (Å²) in [5.41, 5.74) is 2.42. The fourth-order valence-corrected chi connectivity index (χ4v) is 2.69. The summed E-state index contributed by atoms with van der Waals surface area (Å²) in [6.07, 6.45) is 6.38. The van der Waals surface area contributed by atoms with Gasteiger partial charge in [0.2, 0.25) is 0 Å². The van der Waals surface area contributed by atoms with Gasteiger partial charge in [-0.15, -0.1) is 10.2 Å². The van der Waals surface area contributed by atoms with Crippen LogP contribution >= 0.6 is 0 Å². The molecule has 1 fully saturated rings. The van der Waals surface area contributed by atoms with Crippen molar-refractivity contribution >= 4 is 11.7 Å². The molecule has 2 heterocycles. The van der Waals surface area contributed by atoms with Crippen molar-refractivity contribution in [1.82, 2.24) is 14.8 Å². The van der Waals surface area contributed by atoms with Gasteiger partial charge in [-0.05, 0) is 37.5 Å². The second-order valence-electron chi connectivity index (χ2n) is 5.40. The number of ether oxygens (including phenoxy) is 1. The number of hydrogen-bond acceptors (Lipinski definition) is 5. The van der Waals surface area contributed by atoms with E-state index in [1.165, 1.54) is 0 Å². The Morgan fingerprint density at radius 3 is 2.64 bits per heavy atom. The predicted octanol–water partition coefficient (Wildman–Crippen LogP) is 2.43. The van der Waals surface area contributed by atoms with E-state index in [0.717, 1.165) is 43.7 Å². The third-order valence-electron chi connectivity index (χ3n) is 3.80. The average Bonchev–Trinajstić information content (AvgIpc) is 3.24. The molecule has 0 spiro atoms. The summed E-state index contributed by atoms with van der Waals surface area (Å²) in [6.45, 7) is 4.40. The van der Waals surface area contributed by atoms with Gasteiger partial charge in [0, 0.05) is 18.8 Å². The van der Waals surface area contributed by atoms with Crippen LogP contribution in [-0.4, -0.2) is 40.4 Å². The SMILES string of the molecule is CCCOC(=O)c1cc(-n2cnnc2)ccc1N1CCCC1. The van der Waals surface area contributed by atoms with Crippen LogP contribution in [0.3, 0.4) is 0 Å². The minimum Gasteiger partial charge on any atom is -0.462 e. The molecule has 116 valence electrons. The van der Waals surface area contributed by atoms with Gasteiger partial charge in [-0.3, -0.25) is 4.57 Å². The Balaban J connectivity index is 1.96. The van der Waals surface area contributed by atoms with E-state index in [-0.39, 0.29) is 5.97 Å². The van der Waals surface area contributed by atoms with E-state index in [0.29, 0.717) is 12.2 Å². The van der Waals surface area contributed by atoms with E-state index in [4.69, 9.17) is 4.74 Å². The van der Waals surface area contributed by atoms with Crippen molar-refractivity contribution < 1.29 is 9.53 Å². The van der Waals surface area contributed by atoms with E-state index >= 15 is 0 Å². The summed E-state index contributed by atoms with van der Waals surface area (Å²) in [6, 6.07) is 5.83. The minimum atomic E-state index is -0.265. The lowest BCUT2D eigenvalue weighted by atomic mass is 10.1. The van der Waals surface area contributed by atoms with E-state index in [1.54, 1.807) is 17.2 Å². The lowest BCUT2D eigenvalue weighted by molar-refractivity contribution is 0.0506. The lowest BCUT2D eigenvalue weighted by Crippen LogP contribution is -2.21. The Morgan fingerprint density at radius 2 is 1.95 bits per heavy atom. The highest BCUT2D eigenvalue weighted by molar-refractivity contribution is 5.96. The molecule has 1 aliphatic rings. The molecule has 0 N–H and O–H groups in total. The Bertz CT molecular complexity index is 634. The van der Waals surface area contributed by atoms with Crippen LogP contribution in [0, 0.1) is 0 Å². The highest BCUT2D eigenvalue weighted by Gasteiger charge is 2.21. The van der Waals surface area contributed by atoms with Crippen molar-refractivity contribution in [2.45, 2.75) is 26.2 Å². The summed E-state index contributed by atoms with van der Waals surface area (Å²) in [7, 11) is 0. The zero-order chi connectivity index (χ0) is 15.4. The van der Waals surface area contributed by atoms with Crippen molar-refractivity contribution in [1.29, 1.82) is 0 Å². The van der Waals surface area contributed by atoms with E-state index in [1.807, 2.05) is 25.1 Å². The van der Waals surface area contributed by atoms with Crippen LogP contribution in [0.2, 0.25) is 0 Å². The van der Waals surface area contributed by atoms with Gasteiger partial charge < -0.3 is 9.64 Å². The molecule has 6 heteroatoms. The fraction of sp³-hybridized carbons (Fsp3) is 0.438. The number of hydrogen-bond donors (Lipinski definition) is 0. The Kier molecular flexibility index (Phi) is 4.37. The first-order valence-electron chi connectivity index (χ1n) is 7.70. The number of benzene rings is 1. The fourth-order valence-electron chi connectivity index (χ4n) is 2.69. The van der Waals surface area contributed by atoms with Gasteiger partial charge in [-0.25, -0.2) is 4.79 Å². The maximum atomic E-state index is 12.4. The maximum absolute atomic E-state index is 12.4. The predicted molar refractivity (Wildman–Crippen MR) is 83.4 cm³/mol. The van der Waals surface area contributed by atoms with Crippen molar-refractivity contribution in [3.8, 4) is 5.69 Å². The zero-order valence-electron chi connectivity index (χ0n) is 12.7. The van der Waals surface area contributed by atoms with Gasteiger partial charge in [0.25, 0.3) is 0 Å². The van der Waals surface area contributed by atoms with Crippen molar-refractivity contribution in [2.75, 3.05) is 24.6 Å². The molecule has 22 heavy (non-hydrogen) atoms. The first kappa shape index (κ1) is 14.6. The van der Waals surface area contributed by atoms with Crippen LogP contribution in [0.25, 0.3) is 5.69 Å². The number of nitrogens with zero attached hydrogens (tertiary/aromatic N) is 4. The minimum absolute atomic E-state index is 0.265. The van der Waals surface area contributed by atoms with Crippen LogP contribution in [0.4, 0.5) is 5.69 Å². The summed E-state index contributed by atoms with van der Waals surface area (Å²) in [4.78, 5) is 14.7. The third kappa shape index (κ3) is 2.95. The third-order valence-corrected chi connectivity index (χ3v) is 3.80. The molecular formula is C16H20N4O2. The van der Waals surface area contributed by atoms with Gasteiger partial charge in [-0.2, -0.15) is 0 Å². The number of esters is 1. The molecule has 6 nitrogen and oxygen atoms in total. The molecule has 2 aromatic rings. The van der Waals surface area contributed by atoms with Crippen LogP contribution in [-0.2, 0) is 4.74 Å². The molecule has 0 radical (unpaired) electrons. The smallest absolute Gasteiger partial charge is 0.340 e. The topological polar surface area (TPSA) is 60.3 Å². The van der Waals surface area contributed by atoms with E-state index in [2.05, 4.69) is 15.1 Å². The molecule has 0 atom stereocenters. The van der Waals surface area contributed by atoms with Crippen molar-refractivity contribution in [3.05, 3.63) is 36.4 Å². The Hall–Kier alpha value is -2.37. The Labute approximate surface area is 129 Å². The summed E-state index contributed by atoms with van der Waals surface area (Å²) < 4.78 is 7.13. The first-order valence-corrected chi connectivity index (χ1v) is 7.70. The Morgan fingerprint density at radius 1 is 1.23 bits per heavy atom. The monoisotopic (exact) mass is 300 g/mol. The van der Waals surface area contributed by atoms with Gasteiger partial charge in [0.1, 0.15) is 12.7 Å². The molecule has 3 rings (SSSR count). The largest absolute Gasteiger partial charge is 0.462 e.